The Kier molecular flexibility index (Phi) is 3.29. The zero-order chi connectivity index (χ0) is 13.2. The van der Waals surface area contributed by atoms with E-state index < -0.39 is 0 Å². The van der Waals surface area contributed by atoms with Crippen LogP contribution in [0.4, 0.5) is 0 Å². The predicted octanol–water partition coefficient (Wildman–Crippen LogP) is 0.951. The average Bonchev–Trinajstić information content (AvgIpc) is 2.94. The van der Waals surface area contributed by atoms with Gasteiger partial charge in [0.2, 0.25) is 12.7 Å². The first-order valence-corrected chi connectivity index (χ1v) is 6.65. The van der Waals surface area contributed by atoms with Crippen molar-refractivity contribution in [2.45, 2.75) is 12.8 Å². The van der Waals surface area contributed by atoms with Gasteiger partial charge in [0.05, 0.1) is 5.92 Å². The van der Waals surface area contributed by atoms with E-state index in [0.717, 1.165) is 43.2 Å². The highest BCUT2D eigenvalue weighted by molar-refractivity contribution is 5.83. The van der Waals surface area contributed by atoms with Crippen LogP contribution in [-0.4, -0.2) is 43.8 Å². The fourth-order valence-electron chi connectivity index (χ4n) is 2.48. The molecule has 1 N–H and O–H groups in total. The smallest absolute Gasteiger partial charge is 0.231 e. The number of benzene rings is 1. The van der Waals surface area contributed by atoms with Gasteiger partial charge >= 0.3 is 0 Å². The maximum absolute atomic E-state index is 12.4. The SMILES string of the molecule is CC(C(=O)N1CCNCC1)c1ccc2c(c1)OCO2. The molecule has 102 valence electrons. The fourth-order valence-corrected chi connectivity index (χ4v) is 2.48. The van der Waals surface area contributed by atoms with Crippen molar-refractivity contribution in [3.63, 3.8) is 0 Å². The fraction of sp³-hybridized carbons (Fsp3) is 0.500. The van der Waals surface area contributed by atoms with Crippen LogP contribution >= 0.6 is 0 Å². The second-order valence-electron chi connectivity index (χ2n) is 4.91. The van der Waals surface area contributed by atoms with E-state index in [4.69, 9.17) is 9.47 Å². The van der Waals surface area contributed by atoms with Gasteiger partial charge in [-0.3, -0.25) is 4.79 Å². The molecular weight excluding hydrogens is 244 g/mol. The van der Waals surface area contributed by atoms with Gasteiger partial charge in [-0.25, -0.2) is 0 Å². The van der Waals surface area contributed by atoms with Crippen molar-refractivity contribution in [1.82, 2.24) is 10.2 Å². The number of hydrogen-bond acceptors (Lipinski definition) is 4. The lowest BCUT2D eigenvalue weighted by atomic mass is 9.99. The average molecular weight is 262 g/mol. The first kappa shape index (κ1) is 12.3. The summed E-state index contributed by atoms with van der Waals surface area (Å²) in [6.07, 6.45) is 0. The van der Waals surface area contributed by atoms with Crippen molar-refractivity contribution in [2.24, 2.45) is 0 Å². The minimum atomic E-state index is -0.146. The molecule has 1 fully saturated rings. The largest absolute Gasteiger partial charge is 0.454 e. The first-order valence-electron chi connectivity index (χ1n) is 6.65. The Labute approximate surface area is 112 Å². The minimum Gasteiger partial charge on any atom is -0.454 e. The molecule has 1 aromatic rings. The summed E-state index contributed by atoms with van der Waals surface area (Å²) >= 11 is 0. The van der Waals surface area contributed by atoms with Crippen LogP contribution in [0.5, 0.6) is 11.5 Å². The summed E-state index contributed by atoms with van der Waals surface area (Å²) in [5, 5.41) is 3.25. The molecule has 2 heterocycles. The molecule has 19 heavy (non-hydrogen) atoms. The number of ether oxygens (including phenoxy) is 2. The van der Waals surface area contributed by atoms with Crippen LogP contribution in [0, 0.1) is 0 Å². The number of rotatable bonds is 2. The summed E-state index contributed by atoms with van der Waals surface area (Å²) in [5.41, 5.74) is 0.979. The Morgan fingerprint density at radius 1 is 1.26 bits per heavy atom. The maximum atomic E-state index is 12.4. The second-order valence-corrected chi connectivity index (χ2v) is 4.91. The number of carbonyl (C=O) groups excluding carboxylic acids is 1. The van der Waals surface area contributed by atoms with E-state index in [1.54, 1.807) is 0 Å². The highest BCUT2D eigenvalue weighted by atomic mass is 16.7. The van der Waals surface area contributed by atoms with Crippen LogP contribution in [-0.2, 0) is 4.79 Å². The maximum Gasteiger partial charge on any atom is 0.231 e. The number of amides is 1. The van der Waals surface area contributed by atoms with Gasteiger partial charge in [0.1, 0.15) is 0 Å². The molecule has 0 bridgehead atoms. The van der Waals surface area contributed by atoms with E-state index >= 15 is 0 Å². The lowest BCUT2D eigenvalue weighted by molar-refractivity contribution is -0.133. The van der Waals surface area contributed by atoms with Gasteiger partial charge < -0.3 is 19.7 Å². The third-order valence-electron chi connectivity index (χ3n) is 3.70. The predicted molar refractivity (Wildman–Crippen MR) is 70.4 cm³/mol. The van der Waals surface area contributed by atoms with Crippen LogP contribution in [0.2, 0.25) is 0 Å². The van der Waals surface area contributed by atoms with Gasteiger partial charge in [-0.1, -0.05) is 6.07 Å². The molecule has 1 amide bonds. The molecule has 0 aliphatic carbocycles. The third kappa shape index (κ3) is 2.38. The molecule has 2 aliphatic heterocycles. The normalized spacial score (nSPS) is 19.3. The van der Waals surface area contributed by atoms with Crippen molar-refractivity contribution in [3.8, 4) is 11.5 Å². The molecule has 0 saturated carbocycles. The Morgan fingerprint density at radius 3 is 2.79 bits per heavy atom. The zero-order valence-electron chi connectivity index (χ0n) is 11.0. The van der Waals surface area contributed by atoms with E-state index in [-0.39, 0.29) is 18.6 Å². The summed E-state index contributed by atoms with van der Waals surface area (Å²) in [6, 6.07) is 5.73. The lowest BCUT2D eigenvalue weighted by Crippen LogP contribution is -2.47. The molecule has 0 aromatic heterocycles. The molecular formula is C14H18N2O3. The molecule has 2 aliphatic rings. The van der Waals surface area contributed by atoms with E-state index in [0.29, 0.717) is 0 Å². The summed E-state index contributed by atoms with van der Waals surface area (Å²) in [6.45, 7) is 5.53. The first-order chi connectivity index (χ1) is 9.25. The molecule has 5 heteroatoms. The van der Waals surface area contributed by atoms with Gasteiger partial charge in [0.25, 0.3) is 0 Å². The Balaban J connectivity index is 1.75. The van der Waals surface area contributed by atoms with Gasteiger partial charge in [-0.2, -0.15) is 0 Å². The van der Waals surface area contributed by atoms with Crippen molar-refractivity contribution in [1.29, 1.82) is 0 Å². The summed E-state index contributed by atoms with van der Waals surface area (Å²) in [4.78, 5) is 14.3. The molecule has 1 atom stereocenters. The van der Waals surface area contributed by atoms with Crippen LogP contribution in [0.1, 0.15) is 18.4 Å². The highest BCUT2D eigenvalue weighted by Crippen LogP contribution is 2.34. The Hall–Kier alpha value is -1.75. The lowest BCUT2D eigenvalue weighted by Gasteiger charge is -2.30. The number of hydrogen-bond donors (Lipinski definition) is 1. The van der Waals surface area contributed by atoms with Gasteiger partial charge in [-0.15, -0.1) is 0 Å². The monoisotopic (exact) mass is 262 g/mol. The Morgan fingerprint density at radius 2 is 2.00 bits per heavy atom. The van der Waals surface area contributed by atoms with Crippen LogP contribution in [0.25, 0.3) is 0 Å². The van der Waals surface area contributed by atoms with E-state index in [1.165, 1.54) is 0 Å². The minimum absolute atomic E-state index is 0.146. The van der Waals surface area contributed by atoms with Crippen molar-refractivity contribution in [3.05, 3.63) is 23.8 Å². The van der Waals surface area contributed by atoms with Crippen LogP contribution in [0.15, 0.2) is 18.2 Å². The number of nitrogens with zero attached hydrogens (tertiary/aromatic N) is 1. The zero-order valence-corrected chi connectivity index (χ0v) is 11.0. The highest BCUT2D eigenvalue weighted by Gasteiger charge is 2.24. The molecule has 3 rings (SSSR count). The number of nitrogens with one attached hydrogen (secondary N) is 1. The van der Waals surface area contributed by atoms with Gasteiger partial charge in [0, 0.05) is 26.2 Å². The Bertz CT molecular complexity index is 484. The molecule has 1 unspecified atom stereocenters. The summed E-state index contributed by atoms with van der Waals surface area (Å²) < 4.78 is 10.6. The number of fused-ring (bicyclic) bond motifs is 1. The topological polar surface area (TPSA) is 50.8 Å². The molecule has 0 spiro atoms. The van der Waals surface area contributed by atoms with Gasteiger partial charge in [-0.05, 0) is 24.6 Å². The number of piperazine rings is 1. The standard InChI is InChI=1S/C14H18N2O3/c1-10(14(17)16-6-4-15-5-7-16)11-2-3-12-13(8-11)19-9-18-12/h2-3,8,10,15H,4-7,9H2,1H3. The van der Waals surface area contributed by atoms with Crippen molar-refractivity contribution >= 4 is 5.91 Å². The third-order valence-corrected chi connectivity index (χ3v) is 3.70. The molecule has 5 nitrogen and oxygen atoms in total. The van der Waals surface area contributed by atoms with E-state index in [1.807, 2.05) is 30.0 Å². The number of carbonyl (C=O) groups is 1. The van der Waals surface area contributed by atoms with E-state index in [2.05, 4.69) is 5.32 Å². The van der Waals surface area contributed by atoms with E-state index in [9.17, 15) is 4.79 Å². The van der Waals surface area contributed by atoms with Crippen molar-refractivity contribution < 1.29 is 14.3 Å². The quantitative estimate of drug-likeness (QED) is 0.862. The molecule has 1 saturated heterocycles. The molecule has 0 radical (unpaired) electrons. The van der Waals surface area contributed by atoms with Crippen LogP contribution < -0.4 is 14.8 Å². The molecule has 1 aromatic carbocycles. The summed E-state index contributed by atoms with van der Waals surface area (Å²) in [7, 11) is 0. The van der Waals surface area contributed by atoms with Crippen molar-refractivity contribution in [2.75, 3.05) is 33.0 Å². The van der Waals surface area contributed by atoms with Crippen LogP contribution in [0.3, 0.4) is 0 Å². The summed E-state index contributed by atoms with van der Waals surface area (Å²) in [5.74, 6) is 1.52. The van der Waals surface area contributed by atoms with Gasteiger partial charge in [0.15, 0.2) is 11.5 Å². The second kappa shape index (κ2) is 5.09.